The second-order valence-electron chi connectivity index (χ2n) is 3.29. The van der Waals surface area contributed by atoms with Gasteiger partial charge in [0.2, 0.25) is 0 Å². The lowest BCUT2D eigenvalue weighted by Crippen LogP contribution is -2.10. The van der Waals surface area contributed by atoms with Crippen molar-refractivity contribution >= 4 is 40.0 Å². The molecule has 1 heterocycles. The van der Waals surface area contributed by atoms with Gasteiger partial charge in [0.15, 0.2) is 5.78 Å². The van der Waals surface area contributed by atoms with Crippen LogP contribution in [-0.2, 0) is 6.54 Å². The Balaban J connectivity index is 2.14. The maximum atomic E-state index is 11.9. The van der Waals surface area contributed by atoms with Gasteiger partial charge in [-0.05, 0) is 34.7 Å². The molecule has 0 unspecified atom stereocenters. The number of nitrogens with zero attached hydrogens (tertiary/aromatic N) is 2. The van der Waals surface area contributed by atoms with Crippen molar-refractivity contribution in [1.29, 1.82) is 0 Å². The molecule has 0 bridgehead atoms. The molecule has 0 aliphatic heterocycles. The summed E-state index contributed by atoms with van der Waals surface area (Å²) in [5.41, 5.74) is 0.609. The molecular weight excluding hydrogens is 338 g/mol. The van der Waals surface area contributed by atoms with Crippen molar-refractivity contribution < 1.29 is 4.79 Å². The quantitative estimate of drug-likeness (QED) is 0.632. The molecule has 0 aliphatic carbocycles. The number of Topliss-reactive ketones (excluding diaryl/α,β-unsaturated/α-hetero) is 1. The highest BCUT2D eigenvalue weighted by Gasteiger charge is 2.07. The summed E-state index contributed by atoms with van der Waals surface area (Å²) < 4.78 is 2.63. The van der Waals surface area contributed by atoms with Crippen molar-refractivity contribution in [3.8, 4) is 0 Å². The van der Waals surface area contributed by atoms with E-state index in [-0.39, 0.29) is 12.3 Å². The van der Waals surface area contributed by atoms with Crippen LogP contribution in [0.4, 0.5) is 0 Å². The predicted octanol–water partition coefficient (Wildman–Crippen LogP) is 3.02. The van der Waals surface area contributed by atoms with Crippen molar-refractivity contribution in [3.05, 3.63) is 50.8 Å². The van der Waals surface area contributed by atoms with Crippen LogP contribution in [0, 0.1) is 3.57 Å². The molecule has 1 aromatic heterocycles. The van der Waals surface area contributed by atoms with Crippen LogP contribution in [0.3, 0.4) is 0 Å². The third-order valence-electron chi connectivity index (χ3n) is 2.05. The van der Waals surface area contributed by atoms with Gasteiger partial charge in [-0.25, -0.2) is 0 Å². The Hall–Kier alpha value is -0.880. The Bertz CT molecular complexity index is 524. The van der Waals surface area contributed by atoms with E-state index in [0.717, 1.165) is 3.57 Å². The van der Waals surface area contributed by atoms with Crippen LogP contribution in [0.25, 0.3) is 0 Å². The number of hydrogen-bond donors (Lipinski definition) is 0. The second kappa shape index (κ2) is 4.97. The first-order valence-electron chi connectivity index (χ1n) is 4.62. The molecule has 0 saturated carbocycles. The van der Waals surface area contributed by atoms with E-state index in [0.29, 0.717) is 10.6 Å². The normalized spacial score (nSPS) is 10.4. The summed E-state index contributed by atoms with van der Waals surface area (Å²) in [6.07, 6.45) is 3.54. The molecule has 0 aliphatic rings. The summed E-state index contributed by atoms with van der Waals surface area (Å²) in [4.78, 5) is 11.9. The molecule has 3 nitrogen and oxygen atoms in total. The first-order chi connectivity index (χ1) is 7.65. The number of benzene rings is 1. The maximum absolute atomic E-state index is 11.9. The van der Waals surface area contributed by atoms with Gasteiger partial charge in [0.1, 0.15) is 6.54 Å². The van der Waals surface area contributed by atoms with Crippen LogP contribution >= 0.6 is 34.2 Å². The summed E-state index contributed by atoms with van der Waals surface area (Å²) in [6, 6.07) is 6.93. The Morgan fingerprint density at radius 2 is 2.31 bits per heavy atom. The molecule has 0 radical (unpaired) electrons. The molecule has 2 rings (SSSR count). The van der Waals surface area contributed by atoms with E-state index in [9.17, 15) is 4.79 Å². The van der Waals surface area contributed by atoms with E-state index in [1.807, 2.05) is 6.20 Å². The average Bonchev–Trinajstić information content (AvgIpc) is 2.64. The predicted molar refractivity (Wildman–Crippen MR) is 70.7 cm³/mol. The van der Waals surface area contributed by atoms with Gasteiger partial charge in [-0.1, -0.05) is 23.7 Å². The van der Waals surface area contributed by atoms with Crippen LogP contribution in [-0.4, -0.2) is 15.6 Å². The van der Waals surface area contributed by atoms with Crippen molar-refractivity contribution in [2.45, 2.75) is 6.54 Å². The Morgan fingerprint density at radius 3 is 2.94 bits per heavy atom. The Kier molecular flexibility index (Phi) is 3.60. The first kappa shape index (κ1) is 11.6. The van der Waals surface area contributed by atoms with Gasteiger partial charge in [0, 0.05) is 16.8 Å². The van der Waals surface area contributed by atoms with Gasteiger partial charge in [0.25, 0.3) is 0 Å². The van der Waals surface area contributed by atoms with Crippen LogP contribution in [0.2, 0.25) is 5.02 Å². The van der Waals surface area contributed by atoms with E-state index in [1.54, 1.807) is 35.1 Å². The fraction of sp³-hybridized carbons (Fsp3) is 0.0909. The number of carbonyl (C=O) groups is 1. The first-order valence-corrected chi connectivity index (χ1v) is 6.07. The zero-order valence-corrected chi connectivity index (χ0v) is 11.1. The van der Waals surface area contributed by atoms with Gasteiger partial charge < -0.3 is 0 Å². The molecule has 5 heteroatoms. The lowest BCUT2D eigenvalue weighted by atomic mass is 10.1. The summed E-state index contributed by atoms with van der Waals surface area (Å²) in [5, 5.41) is 4.63. The Morgan fingerprint density at radius 1 is 1.50 bits per heavy atom. The van der Waals surface area contributed by atoms with Crippen LogP contribution in [0.1, 0.15) is 10.4 Å². The molecule has 1 aromatic carbocycles. The number of ketones is 1. The van der Waals surface area contributed by atoms with Crippen LogP contribution < -0.4 is 0 Å². The molecule has 0 amide bonds. The van der Waals surface area contributed by atoms with E-state index in [2.05, 4.69) is 27.7 Å². The summed E-state index contributed by atoms with van der Waals surface area (Å²) in [5.74, 6) is 0.00185. The Labute approximate surface area is 112 Å². The molecule has 16 heavy (non-hydrogen) atoms. The van der Waals surface area contributed by atoms with E-state index in [1.165, 1.54) is 0 Å². The minimum Gasteiger partial charge on any atom is -0.292 e. The molecule has 0 saturated heterocycles. The number of aromatic nitrogens is 2. The van der Waals surface area contributed by atoms with Gasteiger partial charge in [0.05, 0.1) is 9.77 Å². The minimum absolute atomic E-state index is 0.00185. The van der Waals surface area contributed by atoms with Gasteiger partial charge in [-0.2, -0.15) is 5.10 Å². The molecule has 0 spiro atoms. The zero-order chi connectivity index (χ0) is 11.5. The van der Waals surface area contributed by atoms with Gasteiger partial charge in [-0.15, -0.1) is 0 Å². The van der Waals surface area contributed by atoms with E-state index < -0.39 is 0 Å². The lowest BCUT2D eigenvalue weighted by molar-refractivity contribution is 0.0967. The lowest BCUT2D eigenvalue weighted by Gasteiger charge is -2.01. The number of carbonyl (C=O) groups excluding carboxylic acids is 1. The van der Waals surface area contributed by atoms with Crippen molar-refractivity contribution in [2.75, 3.05) is 0 Å². The number of halogens is 2. The third-order valence-corrected chi connectivity index (χ3v) is 2.85. The molecule has 2 aromatic rings. The number of rotatable bonds is 3. The van der Waals surface area contributed by atoms with E-state index >= 15 is 0 Å². The second-order valence-corrected chi connectivity index (χ2v) is 4.97. The fourth-order valence-electron chi connectivity index (χ4n) is 1.33. The standard InChI is InChI=1S/C11H8ClIN2O/c12-9-3-1-2-8(4-9)11(16)7-15-6-10(13)5-14-15/h1-6H,7H2. The van der Waals surface area contributed by atoms with Gasteiger partial charge in [-0.3, -0.25) is 9.48 Å². The van der Waals surface area contributed by atoms with Crippen LogP contribution in [0.15, 0.2) is 36.7 Å². The fourth-order valence-corrected chi connectivity index (χ4v) is 1.96. The smallest absolute Gasteiger partial charge is 0.184 e. The van der Waals surface area contributed by atoms with Crippen LogP contribution in [0.5, 0.6) is 0 Å². The monoisotopic (exact) mass is 346 g/mol. The summed E-state index contributed by atoms with van der Waals surface area (Å²) in [7, 11) is 0. The maximum Gasteiger partial charge on any atom is 0.184 e. The van der Waals surface area contributed by atoms with Crippen molar-refractivity contribution in [1.82, 2.24) is 9.78 Å². The molecule has 0 N–H and O–H groups in total. The highest BCUT2D eigenvalue weighted by atomic mass is 127. The summed E-state index contributed by atoms with van der Waals surface area (Å²) in [6.45, 7) is 0.239. The molecule has 0 fully saturated rings. The highest BCUT2D eigenvalue weighted by molar-refractivity contribution is 14.1. The summed E-state index contributed by atoms with van der Waals surface area (Å²) >= 11 is 7.97. The zero-order valence-electron chi connectivity index (χ0n) is 8.23. The van der Waals surface area contributed by atoms with Crippen molar-refractivity contribution in [2.24, 2.45) is 0 Å². The number of hydrogen-bond acceptors (Lipinski definition) is 2. The largest absolute Gasteiger partial charge is 0.292 e. The SMILES string of the molecule is O=C(Cn1cc(I)cn1)c1cccc(Cl)c1. The third kappa shape index (κ3) is 2.82. The highest BCUT2D eigenvalue weighted by Crippen LogP contribution is 2.12. The topological polar surface area (TPSA) is 34.9 Å². The van der Waals surface area contributed by atoms with Gasteiger partial charge >= 0.3 is 0 Å². The van der Waals surface area contributed by atoms with Crippen molar-refractivity contribution in [3.63, 3.8) is 0 Å². The molecular formula is C11H8ClIN2O. The molecule has 82 valence electrons. The molecule has 0 atom stereocenters. The van der Waals surface area contributed by atoms with E-state index in [4.69, 9.17) is 11.6 Å². The minimum atomic E-state index is 0.00185. The average molecular weight is 347 g/mol.